The molecule has 0 atom stereocenters. The number of hydrogen-bond donors (Lipinski definition) is 3. The first-order valence-corrected chi connectivity index (χ1v) is 7.25. The van der Waals surface area contributed by atoms with E-state index in [1.54, 1.807) is 0 Å². The number of hydrogen-bond acceptors (Lipinski definition) is 3. The maximum atomic E-state index is 11.6. The highest BCUT2D eigenvalue weighted by molar-refractivity contribution is 7.80. The quantitative estimate of drug-likeness (QED) is 0.584. The average molecular weight is 272 g/mol. The van der Waals surface area contributed by atoms with Crippen molar-refractivity contribution < 1.29 is 9.59 Å². The van der Waals surface area contributed by atoms with Gasteiger partial charge < -0.3 is 10.6 Å². The summed E-state index contributed by atoms with van der Waals surface area (Å²) in [5, 5.41) is 5.62. The van der Waals surface area contributed by atoms with Gasteiger partial charge in [0.25, 0.3) is 0 Å². The molecular weight excluding hydrogens is 248 g/mol. The molecule has 104 valence electrons. The molecule has 0 bridgehead atoms. The van der Waals surface area contributed by atoms with Crippen molar-refractivity contribution in [2.75, 3.05) is 18.8 Å². The van der Waals surface area contributed by atoms with Gasteiger partial charge in [0.1, 0.15) is 0 Å². The molecule has 4 nitrogen and oxygen atoms in total. The molecule has 0 unspecified atom stereocenters. The van der Waals surface area contributed by atoms with E-state index in [9.17, 15) is 9.59 Å². The van der Waals surface area contributed by atoms with Crippen LogP contribution in [-0.2, 0) is 9.59 Å². The Morgan fingerprint density at radius 1 is 1.22 bits per heavy atom. The van der Waals surface area contributed by atoms with Crippen LogP contribution in [0.4, 0.5) is 0 Å². The van der Waals surface area contributed by atoms with Crippen molar-refractivity contribution in [2.45, 2.75) is 39.5 Å². The van der Waals surface area contributed by atoms with Gasteiger partial charge in [0, 0.05) is 25.9 Å². The predicted octanol–water partition coefficient (Wildman–Crippen LogP) is 1.36. The minimum atomic E-state index is -0.000620. The molecule has 1 aliphatic rings. The lowest BCUT2D eigenvalue weighted by atomic mass is 10.1. The third-order valence-electron chi connectivity index (χ3n) is 3.21. The van der Waals surface area contributed by atoms with Crippen LogP contribution in [0.2, 0.25) is 0 Å². The molecule has 2 amide bonds. The van der Waals surface area contributed by atoms with Gasteiger partial charge in [-0.05, 0) is 29.9 Å². The predicted molar refractivity (Wildman–Crippen MR) is 75.6 cm³/mol. The van der Waals surface area contributed by atoms with E-state index in [4.69, 9.17) is 0 Å². The highest BCUT2D eigenvalue weighted by atomic mass is 32.1. The van der Waals surface area contributed by atoms with Crippen molar-refractivity contribution in [1.82, 2.24) is 10.6 Å². The smallest absolute Gasteiger partial charge is 0.221 e. The SMILES string of the molecule is CC(C)CNC(=O)CCNC(=O)CC1(CS)CC1. The van der Waals surface area contributed by atoms with Crippen LogP contribution in [0.25, 0.3) is 0 Å². The fourth-order valence-corrected chi connectivity index (χ4v) is 2.12. The van der Waals surface area contributed by atoms with Crippen LogP contribution in [-0.4, -0.2) is 30.7 Å². The molecule has 0 aromatic carbocycles. The normalized spacial score (nSPS) is 16.4. The number of carbonyl (C=O) groups excluding carboxylic acids is 2. The molecule has 0 saturated heterocycles. The Kier molecular flexibility index (Phi) is 5.99. The van der Waals surface area contributed by atoms with Gasteiger partial charge in [-0.1, -0.05) is 13.8 Å². The second kappa shape index (κ2) is 7.02. The first-order chi connectivity index (χ1) is 8.47. The third-order valence-corrected chi connectivity index (χ3v) is 3.88. The molecule has 0 spiro atoms. The molecule has 0 radical (unpaired) electrons. The molecule has 1 rings (SSSR count). The fourth-order valence-electron chi connectivity index (χ4n) is 1.69. The lowest BCUT2D eigenvalue weighted by Crippen LogP contribution is -2.33. The summed E-state index contributed by atoms with van der Waals surface area (Å²) in [7, 11) is 0. The Morgan fingerprint density at radius 3 is 2.39 bits per heavy atom. The van der Waals surface area contributed by atoms with E-state index in [-0.39, 0.29) is 17.2 Å². The van der Waals surface area contributed by atoms with E-state index in [1.807, 2.05) is 0 Å². The zero-order valence-electron chi connectivity index (χ0n) is 11.3. The maximum absolute atomic E-state index is 11.6. The Labute approximate surface area is 115 Å². The van der Waals surface area contributed by atoms with Crippen LogP contribution in [0.1, 0.15) is 39.5 Å². The molecule has 0 heterocycles. The molecule has 1 aliphatic carbocycles. The molecule has 5 heteroatoms. The van der Waals surface area contributed by atoms with Crippen molar-refractivity contribution in [3.05, 3.63) is 0 Å². The molecule has 0 aliphatic heterocycles. The molecular formula is C13H24N2O2S. The van der Waals surface area contributed by atoms with E-state index in [0.717, 1.165) is 18.6 Å². The summed E-state index contributed by atoms with van der Waals surface area (Å²) in [5.74, 6) is 1.26. The molecule has 0 aromatic rings. The van der Waals surface area contributed by atoms with Crippen molar-refractivity contribution >= 4 is 24.4 Å². The summed E-state index contributed by atoms with van der Waals surface area (Å²) in [4.78, 5) is 23.0. The van der Waals surface area contributed by atoms with Gasteiger partial charge in [0.05, 0.1) is 0 Å². The molecule has 1 saturated carbocycles. The standard InChI is InChI=1S/C13H24N2O2S/c1-10(2)8-15-11(16)3-6-14-12(17)7-13(9-18)4-5-13/h10,18H,3-9H2,1-2H3,(H,14,17)(H,15,16). The van der Waals surface area contributed by atoms with E-state index in [2.05, 4.69) is 37.1 Å². The number of thiol groups is 1. The van der Waals surface area contributed by atoms with Crippen molar-refractivity contribution in [3.63, 3.8) is 0 Å². The van der Waals surface area contributed by atoms with Gasteiger partial charge in [-0.2, -0.15) is 12.6 Å². The zero-order valence-corrected chi connectivity index (χ0v) is 12.2. The van der Waals surface area contributed by atoms with E-state index < -0.39 is 0 Å². The number of nitrogens with one attached hydrogen (secondary N) is 2. The summed E-state index contributed by atoms with van der Waals surface area (Å²) in [6.07, 6.45) is 3.09. The van der Waals surface area contributed by atoms with Crippen LogP contribution in [0.5, 0.6) is 0 Å². The average Bonchev–Trinajstić information content (AvgIpc) is 3.07. The Hall–Kier alpha value is -0.710. The Bertz CT molecular complexity index is 301. The topological polar surface area (TPSA) is 58.2 Å². The summed E-state index contributed by atoms with van der Waals surface area (Å²) >= 11 is 4.26. The second-order valence-electron chi connectivity index (χ2n) is 5.63. The zero-order chi connectivity index (χ0) is 13.6. The van der Waals surface area contributed by atoms with Gasteiger partial charge in [-0.3, -0.25) is 9.59 Å². The lowest BCUT2D eigenvalue weighted by molar-refractivity contribution is -0.123. The summed E-state index contributed by atoms with van der Waals surface area (Å²) in [6.45, 7) is 5.21. The van der Waals surface area contributed by atoms with Crippen LogP contribution in [0, 0.1) is 11.3 Å². The summed E-state index contributed by atoms with van der Waals surface area (Å²) in [6, 6.07) is 0. The van der Waals surface area contributed by atoms with Crippen molar-refractivity contribution in [2.24, 2.45) is 11.3 Å². The minimum Gasteiger partial charge on any atom is -0.356 e. The number of carbonyl (C=O) groups is 2. The van der Waals surface area contributed by atoms with Crippen LogP contribution >= 0.6 is 12.6 Å². The summed E-state index contributed by atoms with van der Waals surface area (Å²) in [5.41, 5.74) is 0.146. The summed E-state index contributed by atoms with van der Waals surface area (Å²) < 4.78 is 0. The number of amides is 2. The molecule has 2 N–H and O–H groups in total. The molecule has 0 aromatic heterocycles. The van der Waals surface area contributed by atoms with Crippen LogP contribution < -0.4 is 10.6 Å². The minimum absolute atomic E-state index is 0.000620. The fraction of sp³-hybridized carbons (Fsp3) is 0.846. The third kappa shape index (κ3) is 5.76. The van der Waals surface area contributed by atoms with Gasteiger partial charge in [-0.25, -0.2) is 0 Å². The van der Waals surface area contributed by atoms with Crippen LogP contribution in [0.3, 0.4) is 0 Å². The number of rotatable bonds is 8. The van der Waals surface area contributed by atoms with Crippen molar-refractivity contribution in [3.8, 4) is 0 Å². The maximum Gasteiger partial charge on any atom is 0.221 e. The van der Waals surface area contributed by atoms with Gasteiger partial charge in [0.2, 0.25) is 11.8 Å². The molecule has 1 fully saturated rings. The second-order valence-corrected chi connectivity index (χ2v) is 5.95. The lowest BCUT2D eigenvalue weighted by Gasteiger charge is -2.12. The van der Waals surface area contributed by atoms with Crippen molar-refractivity contribution in [1.29, 1.82) is 0 Å². The highest BCUT2D eigenvalue weighted by Gasteiger charge is 2.42. The molecule has 18 heavy (non-hydrogen) atoms. The first-order valence-electron chi connectivity index (χ1n) is 6.62. The van der Waals surface area contributed by atoms with Gasteiger partial charge in [0.15, 0.2) is 0 Å². The van der Waals surface area contributed by atoms with E-state index in [0.29, 0.717) is 31.8 Å². The van der Waals surface area contributed by atoms with Crippen LogP contribution in [0.15, 0.2) is 0 Å². The van der Waals surface area contributed by atoms with E-state index in [1.165, 1.54) is 0 Å². The Morgan fingerprint density at radius 2 is 1.89 bits per heavy atom. The largest absolute Gasteiger partial charge is 0.356 e. The Balaban J connectivity index is 2.06. The van der Waals surface area contributed by atoms with Gasteiger partial charge >= 0.3 is 0 Å². The monoisotopic (exact) mass is 272 g/mol. The van der Waals surface area contributed by atoms with Gasteiger partial charge in [-0.15, -0.1) is 0 Å². The highest BCUT2D eigenvalue weighted by Crippen LogP contribution is 2.49. The first kappa shape index (κ1) is 15.3. The van der Waals surface area contributed by atoms with E-state index >= 15 is 0 Å².